The van der Waals surface area contributed by atoms with Gasteiger partial charge in [0.25, 0.3) is 5.91 Å². The number of carbonyl (C=O) groups excluding carboxylic acids is 1. The first-order valence-corrected chi connectivity index (χ1v) is 8.50. The number of benzene rings is 2. The summed E-state index contributed by atoms with van der Waals surface area (Å²) < 4.78 is 0. The molecule has 0 fully saturated rings. The van der Waals surface area contributed by atoms with Crippen LogP contribution in [0.2, 0.25) is 5.02 Å². The first-order chi connectivity index (χ1) is 12.2. The molecule has 25 heavy (non-hydrogen) atoms. The predicted octanol–water partition coefficient (Wildman–Crippen LogP) is 2.97. The zero-order valence-corrected chi connectivity index (χ0v) is 14.2. The predicted molar refractivity (Wildman–Crippen MR) is 95.4 cm³/mol. The fraction of sp³-hybridized carbons (Fsp3) is 0.222. The van der Waals surface area contributed by atoms with Crippen molar-refractivity contribution in [3.05, 3.63) is 59.1 Å². The zero-order valence-electron chi connectivity index (χ0n) is 13.5. The highest BCUT2D eigenvalue weighted by Gasteiger charge is 2.23. The lowest BCUT2D eigenvalue weighted by atomic mass is 10.0. The van der Waals surface area contributed by atoms with Gasteiger partial charge >= 0.3 is 0 Å². The Morgan fingerprint density at radius 1 is 1.16 bits per heavy atom. The van der Waals surface area contributed by atoms with Gasteiger partial charge in [0.05, 0.1) is 0 Å². The molecule has 0 atom stereocenters. The van der Waals surface area contributed by atoms with E-state index in [2.05, 4.69) is 21.5 Å². The molecule has 6 nitrogen and oxygen atoms in total. The monoisotopic (exact) mass is 353 g/mol. The second kappa shape index (κ2) is 6.64. The second-order valence-electron chi connectivity index (χ2n) is 5.93. The normalized spacial score (nSPS) is 13.6. The number of anilines is 1. The lowest BCUT2D eigenvalue weighted by Crippen LogP contribution is -2.38. The van der Waals surface area contributed by atoms with Crippen LogP contribution in [-0.4, -0.2) is 32.7 Å². The highest BCUT2D eigenvalue weighted by molar-refractivity contribution is 6.30. The third-order valence-corrected chi connectivity index (χ3v) is 4.46. The number of nitrogens with zero attached hydrogens (tertiary/aromatic N) is 5. The Morgan fingerprint density at radius 3 is 2.92 bits per heavy atom. The molecule has 7 heteroatoms. The minimum Gasteiger partial charge on any atom is -0.310 e. The summed E-state index contributed by atoms with van der Waals surface area (Å²) in [6.45, 7) is 0.771. The molecule has 4 rings (SSSR count). The van der Waals surface area contributed by atoms with E-state index in [-0.39, 0.29) is 12.5 Å². The van der Waals surface area contributed by atoms with Crippen LogP contribution in [0.25, 0.3) is 11.4 Å². The molecule has 1 aromatic heterocycles. The summed E-state index contributed by atoms with van der Waals surface area (Å²) in [4.78, 5) is 15.8. The van der Waals surface area contributed by atoms with E-state index in [0.29, 0.717) is 17.4 Å². The second-order valence-corrected chi connectivity index (χ2v) is 6.37. The van der Waals surface area contributed by atoms with Gasteiger partial charge in [0.1, 0.15) is 6.54 Å². The van der Waals surface area contributed by atoms with Gasteiger partial charge in [-0.2, -0.15) is 4.80 Å². The van der Waals surface area contributed by atoms with Gasteiger partial charge in [-0.3, -0.25) is 4.79 Å². The quantitative estimate of drug-likeness (QED) is 0.726. The molecule has 0 bridgehead atoms. The van der Waals surface area contributed by atoms with E-state index >= 15 is 0 Å². The highest BCUT2D eigenvalue weighted by Crippen LogP contribution is 2.27. The molecule has 3 aromatic rings. The van der Waals surface area contributed by atoms with Crippen LogP contribution in [0.1, 0.15) is 12.0 Å². The molecule has 2 heterocycles. The van der Waals surface area contributed by atoms with Crippen LogP contribution < -0.4 is 4.90 Å². The Kier molecular flexibility index (Phi) is 4.19. The summed E-state index contributed by atoms with van der Waals surface area (Å²) in [6.07, 6.45) is 1.96. The first-order valence-electron chi connectivity index (χ1n) is 8.13. The van der Waals surface area contributed by atoms with Crippen molar-refractivity contribution in [2.45, 2.75) is 19.4 Å². The average Bonchev–Trinajstić information content (AvgIpc) is 3.10. The van der Waals surface area contributed by atoms with Crippen LogP contribution in [-0.2, 0) is 17.8 Å². The van der Waals surface area contributed by atoms with E-state index in [9.17, 15) is 4.79 Å². The first kappa shape index (κ1) is 15.8. The van der Waals surface area contributed by atoms with E-state index in [0.717, 1.165) is 24.1 Å². The molecule has 0 saturated heterocycles. The van der Waals surface area contributed by atoms with E-state index in [4.69, 9.17) is 11.6 Å². The number of rotatable bonds is 3. The minimum absolute atomic E-state index is 0.0396. The summed E-state index contributed by atoms with van der Waals surface area (Å²) in [5.41, 5.74) is 2.96. The van der Waals surface area contributed by atoms with Crippen molar-refractivity contribution in [3.8, 4) is 11.4 Å². The molecule has 0 radical (unpaired) electrons. The van der Waals surface area contributed by atoms with Gasteiger partial charge < -0.3 is 4.90 Å². The smallest absolute Gasteiger partial charge is 0.250 e. The molecule has 2 aromatic carbocycles. The molecule has 1 aliphatic rings. The van der Waals surface area contributed by atoms with Crippen molar-refractivity contribution in [2.24, 2.45) is 0 Å². The summed E-state index contributed by atoms with van der Waals surface area (Å²) in [7, 11) is 0. The number of aryl methyl sites for hydroxylation is 1. The molecule has 0 spiro atoms. The number of hydrogen-bond acceptors (Lipinski definition) is 4. The maximum Gasteiger partial charge on any atom is 0.250 e. The van der Waals surface area contributed by atoms with Gasteiger partial charge in [0.15, 0.2) is 0 Å². The Bertz CT molecular complexity index is 923. The van der Waals surface area contributed by atoms with E-state index in [1.807, 2.05) is 30.3 Å². The molecular weight excluding hydrogens is 338 g/mol. The Balaban J connectivity index is 1.53. The summed E-state index contributed by atoms with van der Waals surface area (Å²) in [5, 5.41) is 12.9. The van der Waals surface area contributed by atoms with E-state index < -0.39 is 0 Å². The van der Waals surface area contributed by atoms with Crippen molar-refractivity contribution in [1.82, 2.24) is 20.2 Å². The van der Waals surface area contributed by atoms with Crippen molar-refractivity contribution >= 4 is 23.2 Å². The van der Waals surface area contributed by atoms with Crippen LogP contribution in [0.3, 0.4) is 0 Å². The van der Waals surface area contributed by atoms with Gasteiger partial charge in [-0.1, -0.05) is 41.9 Å². The molecule has 0 aliphatic carbocycles. The number of fused-ring (bicyclic) bond motifs is 1. The Morgan fingerprint density at radius 2 is 2.04 bits per heavy atom. The number of amides is 1. The average molecular weight is 354 g/mol. The number of carbonyl (C=O) groups is 1. The maximum absolute atomic E-state index is 12.7. The summed E-state index contributed by atoms with van der Waals surface area (Å²) >= 11 is 5.99. The summed E-state index contributed by atoms with van der Waals surface area (Å²) in [6, 6.07) is 15.2. The standard InChI is InChI=1S/C18H16ClN5O/c19-15-8-3-6-14(11-15)18-20-22-24(21-18)12-17(25)23-10-4-7-13-5-1-2-9-16(13)23/h1-3,5-6,8-9,11H,4,7,10,12H2. The maximum atomic E-state index is 12.7. The van der Waals surface area contributed by atoms with Crippen LogP contribution in [0.5, 0.6) is 0 Å². The Hall–Kier alpha value is -2.73. The number of hydrogen-bond donors (Lipinski definition) is 0. The fourth-order valence-corrected chi connectivity index (χ4v) is 3.24. The molecule has 0 unspecified atom stereocenters. The third kappa shape index (κ3) is 3.25. The van der Waals surface area contributed by atoms with E-state index in [1.54, 1.807) is 17.0 Å². The molecule has 126 valence electrons. The van der Waals surface area contributed by atoms with Crippen LogP contribution in [0.15, 0.2) is 48.5 Å². The van der Waals surface area contributed by atoms with Crippen molar-refractivity contribution in [1.29, 1.82) is 0 Å². The van der Waals surface area contributed by atoms with Gasteiger partial charge in [0, 0.05) is 22.8 Å². The zero-order chi connectivity index (χ0) is 17.2. The number of halogens is 1. The van der Waals surface area contributed by atoms with Gasteiger partial charge in [-0.25, -0.2) is 0 Å². The lowest BCUT2D eigenvalue weighted by Gasteiger charge is -2.29. The molecular formula is C18H16ClN5O. The molecule has 0 saturated carbocycles. The number of tetrazole rings is 1. The minimum atomic E-state index is -0.0396. The van der Waals surface area contributed by atoms with Gasteiger partial charge in [-0.05, 0) is 41.8 Å². The van der Waals surface area contributed by atoms with Gasteiger partial charge in [-0.15, -0.1) is 10.2 Å². The molecule has 1 aliphatic heterocycles. The highest BCUT2D eigenvalue weighted by atomic mass is 35.5. The SMILES string of the molecule is O=C(Cn1nnc(-c2cccc(Cl)c2)n1)N1CCCc2ccccc21. The van der Waals surface area contributed by atoms with Crippen molar-refractivity contribution in [2.75, 3.05) is 11.4 Å². The summed E-state index contributed by atoms with van der Waals surface area (Å²) in [5.74, 6) is 0.413. The Labute approximate surface area is 150 Å². The lowest BCUT2D eigenvalue weighted by molar-refractivity contribution is -0.119. The van der Waals surface area contributed by atoms with E-state index in [1.165, 1.54) is 10.4 Å². The molecule has 1 amide bonds. The van der Waals surface area contributed by atoms with Crippen molar-refractivity contribution in [3.63, 3.8) is 0 Å². The van der Waals surface area contributed by atoms with Gasteiger partial charge in [0.2, 0.25) is 5.82 Å². The molecule has 0 N–H and O–H groups in total. The largest absolute Gasteiger partial charge is 0.310 e. The van der Waals surface area contributed by atoms with Crippen LogP contribution >= 0.6 is 11.6 Å². The fourth-order valence-electron chi connectivity index (χ4n) is 3.05. The number of para-hydroxylation sites is 1. The van der Waals surface area contributed by atoms with Crippen molar-refractivity contribution < 1.29 is 4.79 Å². The number of aromatic nitrogens is 4. The topological polar surface area (TPSA) is 63.9 Å². The third-order valence-electron chi connectivity index (χ3n) is 4.22. The van der Waals surface area contributed by atoms with Crippen LogP contribution in [0, 0.1) is 0 Å². The van der Waals surface area contributed by atoms with Crippen LogP contribution in [0.4, 0.5) is 5.69 Å².